The summed E-state index contributed by atoms with van der Waals surface area (Å²) in [5.74, 6) is 1.73. The predicted molar refractivity (Wildman–Crippen MR) is 96.5 cm³/mol. The van der Waals surface area contributed by atoms with Crippen LogP contribution in [0.1, 0.15) is 6.23 Å². The molecule has 2 aromatic heterocycles. The summed E-state index contributed by atoms with van der Waals surface area (Å²) in [6.07, 6.45) is -0.793. The Morgan fingerprint density at radius 2 is 2.00 bits per heavy atom. The topological polar surface area (TPSA) is 106 Å². The van der Waals surface area contributed by atoms with E-state index in [4.69, 9.17) is 21.1 Å². The minimum atomic E-state index is -0.995. The van der Waals surface area contributed by atoms with Crippen molar-refractivity contribution < 1.29 is 19.7 Å². The van der Waals surface area contributed by atoms with Gasteiger partial charge in [0.05, 0.1) is 31.4 Å². The van der Waals surface area contributed by atoms with Gasteiger partial charge in [0.15, 0.2) is 11.9 Å². The first kappa shape index (κ1) is 17.3. The number of aromatic nitrogens is 4. The Kier molecular flexibility index (Phi) is 4.10. The minimum absolute atomic E-state index is 0.109. The highest BCUT2D eigenvalue weighted by Crippen LogP contribution is 2.38. The third kappa shape index (κ3) is 2.65. The lowest BCUT2D eigenvalue weighted by molar-refractivity contribution is -0.0545. The van der Waals surface area contributed by atoms with Crippen molar-refractivity contribution >= 4 is 28.5 Å². The Hall–Kier alpha value is -1.78. The molecule has 0 saturated carbocycles. The Labute approximate surface area is 160 Å². The molecule has 2 N–H and O–H groups in total. The fourth-order valence-electron chi connectivity index (χ4n) is 4.23. The predicted octanol–water partition coefficient (Wildman–Crippen LogP) is 0.369. The number of anilines is 1. The van der Waals surface area contributed by atoms with Gasteiger partial charge >= 0.3 is 0 Å². The number of fused-ring (bicyclic) bond motifs is 2. The monoisotopic (exact) mass is 393 g/mol. The number of rotatable bonds is 3. The molecule has 144 valence electrons. The minimum Gasteiger partial charge on any atom is -0.393 e. The van der Waals surface area contributed by atoms with Crippen molar-refractivity contribution in [2.45, 2.75) is 18.4 Å². The van der Waals surface area contributed by atoms with Gasteiger partial charge in [-0.1, -0.05) is 6.58 Å². The molecule has 3 aliphatic rings. The highest BCUT2D eigenvalue weighted by molar-refractivity contribution is 6.28. The van der Waals surface area contributed by atoms with Gasteiger partial charge in [-0.2, -0.15) is 15.1 Å². The highest BCUT2D eigenvalue weighted by atomic mass is 35.5. The number of aliphatic hydroxyl groups excluding tert-OH is 2. The zero-order valence-corrected chi connectivity index (χ0v) is 15.3. The molecular formula is C17H20ClN5O4. The van der Waals surface area contributed by atoms with Gasteiger partial charge in [0.25, 0.3) is 0 Å². The standard InChI is InChI=1S/C17H20ClN5O4/c1-8-12(5-24)27-16(13(8)25)23-15-11(2-19-23)14(20-17(18)21-15)22-3-9-6-26-7-10(9)4-22/h2,9-10,12-13,16,24-25H,1,3-7H2/t9?,10?,12-,13-,16-/m1/s1. The van der Waals surface area contributed by atoms with Crippen molar-refractivity contribution in [2.24, 2.45) is 11.8 Å². The lowest BCUT2D eigenvalue weighted by atomic mass is 10.0. The number of hydrogen-bond acceptors (Lipinski definition) is 8. The van der Waals surface area contributed by atoms with Gasteiger partial charge in [-0.25, -0.2) is 4.68 Å². The SMILES string of the molecule is C=C1[C@@H](O)[C@H](n2ncc3c(N4CC5COCC5C4)nc(Cl)nc32)O[C@@H]1CO. The number of hydrogen-bond donors (Lipinski definition) is 2. The van der Waals surface area contributed by atoms with E-state index in [9.17, 15) is 10.2 Å². The van der Waals surface area contributed by atoms with Crippen molar-refractivity contribution in [2.75, 3.05) is 37.8 Å². The average Bonchev–Trinajstić information content (AvgIpc) is 3.39. The molecule has 3 aliphatic heterocycles. The summed E-state index contributed by atoms with van der Waals surface area (Å²) < 4.78 is 12.8. The van der Waals surface area contributed by atoms with Crippen LogP contribution in [0.2, 0.25) is 5.28 Å². The second kappa shape index (κ2) is 6.39. The molecule has 5 heterocycles. The summed E-state index contributed by atoms with van der Waals surface area (Å²) in [4.78, 5) is 11.0. The molecule has 9 nitrogen and oxygen atoms in total. The fraction of sp³-hybridized carbons (Fsp3) is 0.588. The summed E-state index contributed by atoms with van der Waals surface area (Å²) in [7, 11) is 0. The van der Waals surface area contributed by atoms with Crippen LogP contribution in [0.25, 0.3) is 11.0 Å². The van der Waals surface area contributed by atoms with Crippen molar-refractivity contribution in [3.05, 3.63) is 23.6 Å². The van der Waals surface area contributed by atoms with E-state index in [1.165, 1.54) is 4.68 Å². The van der Waals surface area contributed by atoms with Crippen LogP contribution in [0, 0.1) is 11.8 Å². The van der Waals surface area contributed by atoms with Crippen LogP contribution in [-0.4, -0.2) is 75.1 Å². The van der Waals surface area contributed by atoms with Crippen LogP contribution in [0.4, 0.5) is 5.82 Å². The maximum atomic E-state index is 10.5. The Balaban J connectivity index is 1.54. The highest BCUT2D eigenvalue weighted by Gasteiger charge is 2.41. The molecule has 0 spiro atoms. The number of ether oxygens (including phenoxy) is 2. The number of aliphatic hydroxyl groups is 2. The molecule has 10 heteroatoms. The first-order chi connectivity index (χ1) is 13.1. The molecule has 5 atom stereocenters. The van der Waals surface area contributed by atoms with Crippen LogP contribution in [0.15, 0.2) is 18.3 Å². The molecule has 0 aliphatic carbocycles. The molecule has 0 aromatic carbocycles. The molecular weight excluding hydrogens is 374 g/mol. The lowest BCUT2D eigenvalue weighted by Gasteiger charge is -2.20. The van der Waals surface area contributed by atoms with Crippen molar-refractivity contribution in [3.8, 4) is 0 Å². The summed E-state index contributed by atoms with van der Waals surface area (Å²) in [6.45, 7) is 6.79. The average molecular weight is 394 g/mol. The summed E-state index contributed by atoms with van der Waals surface area (Å²) in [5.41, 5.74) is 0.896. The summed E-state index contributed by atoms with van der Waals surface area (Å²) >= 11 is 6.20. The van der Waals surface area contributed by atoms with Crippen molar-refractivity contribution in [1.82, 2.24) is 19.7 Å². The summed E-state index contributed by atoms with van der Waals surface area (Å²) in [6, 6.07) is 0. The molecule has 0 radical (unpaired) electrons. The molecule has 2 unspecified atom stereocenters. The molecule has 0 bridgehead atoms. The van der Waals surface area contributed by atoms with Gasteiger partial charge in [-0.05, 0) is 17.2 Å². The van der Waals surface area contributed by atoms with E-state index in [0.717, 1.165) is 37.5 Å². The van der Waals surface area contributed by atoms with Gasteiger partial charge in [0.1, 0.15) is 18.0 Å². The van der Waals surface area contributed by atoms with E-state index >= 15 is 0 Å². The molecule has 5 rings (SSSR count). The normalized spacial score (nSPS) is 33.4. The van der Waals surface area contributed by atoms with Gasteiger partial charge in [-0.3, -0.25) is 0 Å². The molecule has 3 fully saturated rings. The second-order valence-corrected chi connectivity index (χ2v) is 7.66. The van der Waals surface area contributed by atoms with E-state index in [1.807, 2.05) is 0 Å². The summed E-state index contributed by atoms with van der Waals surface area (Å²) in [5, 5.41) is 25.1. The third-order valence-electron chi connectivity index (χ3n) is 5.72. The van der Waals surface area contributed by atoms with Crippen LogP contribution in [0.3, 0.4) is 0 Å². The Morgan fingerprint density at radius 1 is 1.26 bits per heavy atom. The zero-order valence-electron chi connectivity index (χ0n) is 14.5. The Morgan fingerprint density at radius 3 is 2.67 bits per heavy atom. The second-order valence-electron chi connectivity index (χ2n) is 7.32. The smallest absolute Gasteiger partial charge is 0.226 e. The number of halogens is 1. The van der Waals surface area contributed by atoms with E-state index in [1.54, 1.807) is 6.20 Å². The molecule has 2 aromatic rings. The van der Waals surface area contributed by atoms with Gasteiger partial charge in [-0.15, -0.1) is 0 Å². The van der Waals surface area contributed by atoms with Crippen molar-refractivity contribution in [1.29, 1.82) is 0 Å². The fourth-order valence-corrected chi connectivity index (χ4v) is 4.39. The van der Waals surface area contributed by atoms with E-state index in [0.29, 0.717) is 23.1 Å². The third-order valence-corrected chi connectivity index (χ3v) is 5.89. The van der Waals surface area contributed by atoms with Crippen LogP contribution in [0.5, 0.6) is 0 Å². The van der Waals surface area contributed by atoms with E-state index in [-0.39, 0.29) is 11.9 Å². The maximum Gasteiger partial charge on any atom is 0.226 e. The maximum absolute atomic E-state index is 10.5. The first-order valence-electron chi connectivity index (χ1n) is 8.93. The van der Waals surface area contributed by atoms with Crippen molar-refractivity contribution in [3.63, 3.8) is 0 Å². The van der Waals surface area contributed by atoms with Gasteiger partial charge < -0.3 is 24.6 Å². The van der Waals surface area contributed by atoms with Gasteiger partial charge in [0.2, 0.25) is 5.28 Å². The lowest BCUT2D eigenvalue weighted by Crippen LogP contribution is -2.24. The quantitative estimate of drug-likeness (QED) is 0.569. The van der Waals surface area contributed by atoms with Gasteiger partial charge in [0, 0.05) is 24.9 Å². The first-order valence-corrected chi connectivity index (χ1v) is 9.31. The molecule has 0 amide bonds. The number of nitrogens with zero attached hydrogens (tertiary/aromatic N) is 5. The van der Waals surface area contributed by atoms with E-state index in [2.05, 4.69) is 26.5 Å². The van der Waals surface area contributed by atoms with Crippen LogP contribution < -0.4 is 4.90 Å². The zero-order chi connectivity index (χ0) is 18.7. The Bertz CT molecular complexity index is 893. The van der Waals surface area contributed by atoms with Crippen LogP contribution in [-0.2, 0) is 9.47 Å². The van der Waals surface area contributed by atoms with E-state index < -0.39 is 18.4 Å². The largest absolute Gasteiger partial charge is 0.393 e. The molecule has 3 saturated heterocycles. The molecule has 27 heavy (non-hydrogen) atoms. The van der Waals surface area contributed by atoms with Crippen LogP contribution >= 0.6 is 11.6 Å².